The summed E-state index contributed by atoms with van der Waals surface area (Å²) in [7, 11) is 0. The number of ether oxygens (including phenoxy) is 1. The van der Waals surface area contributed by atoms with E-state index in [0.29, 0.717) is 18.2 Å². The van der Waals surface area contributed by atoms with Crippen molar-refractivity contribution in [3.63, 3.8) is 0 Å². The Hall–Kier alpha value is -0.360. The number of hydrogen-bond acceptors (Lipinski definition) is 2. The molecule has 0 spiro atoms. The molecule has 1 rings (SSSR count). The van der Waals surface area contributed by atoms with Crippen LogP contribution < -0.4 is 5.73 Å². The highest BCUT2D eigenvalue weighted by Gasteiger charge is 2.42. The number of halogens is 3. The van der Waals surface area contributed by atoms with Crippen LogP contribution in [-0.4, -0.2) is 41.6 Å². The SMILES string of the molecule is C/C(Cl)=C(\C=C/C(C)Cl)C1(CN=CN=CN)CC(Br)CO1. The molecule has 1 aliphatic rings. The van der Waals surface area contributed by atoms with Gasteiger partial charge in [0.25, 0.3) is 0 Å². The minimum absolute atomic E-state index is 0.0837. The maximum Gasteiger partial charge on any atom is 0.115 e. The summed E-state index contributed by atoms with van der Waals surface area (Å²) >= 11 is 15.9. The van der Waals surface area contributed by atoms with E-state index in [0.717, 1.165) is 12.0 Å². The average molecular weight is 397 g/mol. The number of aliphatic imine (C=N–C) groups is 2. The van der Waals surface area contributed by atoms with E-state index < -0.39 is 5.60 Å². The molecule has 0 radical (unpaired) electrons. The Kier molecular flexibility index (Phi) is 7.95. The van der Waals surface area contributed by atoms with Gasteiger partial charge >= 0.3 is 0 Å². The zero-order chi connectivity index (χ0) is 15.9. The monoisotopic (exact) mass is 395 g/mol. The summed E-state index contributed by atoms with van der Waals surface area (Å²) in [5.41, 5.74) is 5.52. The standard InChI is InChI=1S/C14H20BrCl2N3O/c1-10(16)3-4-13(11(2)17)14(5-12(15)6-21-14)7-19-9-20-8-18/h3-4,8-10,12H,5-7H2,1-2H3,(H2,18,19,20)/b4-3-,13-11-. The highest BCUT2D eigenvalue weighted by atomic mass is 79.9. The van der Waals surface area contributed by atoms with Gasteiger partial charge in [0.15, 0.2) is 0 Å². The van der Waals surface area contributed by atoms with Crippen molar-refractivity contribution >= 4 is 51.8 Å². The summed E-state index contributed by atoms with van der Waals surface area (Å²) in [6.45, 7) is 4.76. The normalized spacial score (nSPS) is 29.7. The third kappa shape index (κ3) is 5.74. The molecule has 1 aliphatic heterocycles. The van der Waals surface area contributed by atoms with E-state index in [2.05, 4.69) is 25.9 Å². The van der Waals surface area contributed by atoms with Gasteiger partial charge in [-0.25, -0.2) is 4.99 Å². The molecule has 118 valence electrons. The van der Waals surface area contributed by atoms with Gasteiger partial charge in [0.1, 0.15) is 11.9 Å². The number of nitrogens with two attached hydrogens (primary N) is 1. The van der Waals surface area contributed by atoms with E-state index in [1.165, 1.54) is 12.7 Å². The Morgan fingerprint density at radius 1 is 1.62 bits per heavy atom. The van der Waals surface area contributed by atoms with Crippen LogP contribution in [0, 0.1) is 0 Å². The summed E-state index contributed by atoms with van der Waals surface area (Å²) in [5, 5.41) is 0.585. The second kappa shape index (κ2) is 8.93. The number of nitrogens with zero attached hydrogens (tertiary/aromatic N) is 2. The van der Waals surface area contributed by atoms with E-state index in [-0.39, 0.29) is 10.2 Å². The van der Waals surface area contributed by atoms with Gasteiger partial charge in [-0.2, -0.15) is 0 Å². The van der Waals surface area contributed by atoms with E-state index in [1.807, 2.05) is 26.0 Å². The predicted molar refractivity (Wildman–Crippen MR) is 95.1 cm³/mol. The fourth-order valence-electron chi connectivity index (χ4n) is 2.19. The van der Waals surface area contributed by atoms with Gasteiger partial charge in [0.2, 0.25) is 0 Å². The molecule has 0 bridgehead atoms. The fraction of sp³-hybridized carbons (Fsp3) is 0.571. The van der Waals surface area contributed by atoms with Crippen molar-refractivity contribution in [3.8, 4) is 0 Å². The molecule has 3 unspecified atom stereocenters. The van der Waals surface area contributed by atoms with Crippen LogP contribution in [0.5, 0.6) is 0 Å². The lowest BCUT2D eigenvalue weighted by molar-refractivity contribution is 0.0460. The summed E-state index contributed by atoms with van der Waals surface area (Å²) < 4.78 is 6.01. The van der Waals surface area contributed by atoms with Crippen LogP contribution in [-0.2, 0) is 4.74 Å². The van der Waals surface area contributed by atoms with Crippen molar-refractivity contribution in [2.45, 2.75) is 36.1 Å². The number of hydrogen-bond donors (Lipinski definition) is 1. The molecule has 21 heavy (non-hydrogen) atoms. The zero-order valence-corrected chi connectivity index (χ0v) is 15.2. The smallest absolute Gasteiger partial charge is 0.115 e. The second-order valence-electron chi connectivity index (χ2n) is 4.84. The van der Waals surface area contributed by atoms with Crippen LogP contribution in [0.1, 0.15) is 20.3 Å². The van der Waals surface area contributed by atoms with Crippen LogP contribution >= 0.6 is 39.1 Å². The fourth-order valence-corrected chi connectivity index (χ4v) is 3.16. The minimum atomic E-state index is -0.567. The number of allylic oxidation sites excluding steroid dienone is 2. The molecular formula is C14H20BrCl2N3O. The molecule has 0 amide bonds. The summed E-state index contributed by atoms with van der Waals surface area (Å²) in [5.74, 6) is 0. The Labute approximate surface area is 144 Å². The quantitative estimate of drug-likeness (QED) is 0.322. The van der Waals surface area contributed by atoms with Gasteiger partial charge in [-0.1, -0.05) is 39.7 Å². The summed E-state index contributed by atoms with van der Waals surface area (Å²) in [6.07, 6.45) is 7.19. The largest absolute Gasteiger partial charge is 0.390 e. The van der Waals surface area contributed by atoms with Crippen molar-refractivity contribution in [1.29, 1.82) is 0 Å². The lowest BCUT2D eigenvalue weighted by Crippen LogP contribution is -2.34. The third-order valence-corrected chi connectivity index (χ3v) is 4.00. The Morgan fingerprint density at radius 2 is 2.33 bits per heavy atom. The van der Waals surface area contributed by atoms with Gasteiger partial charge < -0.3 is 10.5 Å². The van der Waals surface area contributed by atoms with Crippen LogP contribution in [0.4, 0.5) is 0 Å². The number of rotatable bonds is 6. The molecule has 1 heterocycles. The van der Waals surface area contributed by atoms with E-state index in [9.17, 15) is 0 Å². The maximum atomic E-state index is 6.27. The number of alkyl halides is 2. The highest BCUT2D eigenvalue weighted by molar-refractivity contribution is 9.09. The van der Waals surface area contributed by atoms with Crippen LogP contribution in [0.2, 0.25) is 0 Å². The Morgan fingerprint density at radius 3 is 2.81 bits per heavy atom. The van der Waals surface area contributed by atoms with Crippen molar-refractivity contribution in [2.24, 2.45) is 15.7 Å². The minimum Gasteiger partial charge on any atom is -0.390 e. The van der Waals surface area contributed by atoms with E-state index in [4.69, 9.17) is 33.7 Å². The molecule has 1 saturated heterocycles. The topological polar surface area (TPSA) is 60.0 Å². The van der Waals surface area contributed by atoms with E-state index >= 15 is 0 Å². The van der Waals surface area contributed by atoms with Crippen LogP contribution in [0.25, 0.3) is 0 Å². The maximum absolute atomic E-state index is 6.27. The van der Waals surface area contributed by atoms with Crippen molar-refractivity contribution in [2.75, 3.05) is 13.2 Å². The summed E-state index contributed by atoms with van der Waals surface area (Å²) in [6, 6.07) is 0. The molecule has 7 heteroatoms. The molecule has 0 aliphatic carbocycles. The molecule has 0 aromatic heterocycles. The first kappa shape index (κ1) is 18.7. The van der Waals surface area contributed by atoms with Gasteiger partial charge in [-0.3, -0.25) is 4.99 Å². The Bertz CT molecular complexity index is 459. The molecule has 0 aromatic rings. The first-order chi connectivity index (χ1) is 9.91. The first-order valence-electron chi connectivity index (χ1n) is 6.60. The molecule has 0 saturated carbocycles. The molecule has 1 fully saturated rings. The van der Waals surface area contributed by atoms with Crippen molar-refractivity contribution in [3.05, 3.63) is 22.8 Å². The van der Waals surface area contributed by atoms with Gasteiger partial charge in [0.05, 0.1) is 19.5 Å². The first-order valence-corrected chi connectivity index (χ1v) is 8.33. The third-order valence-electron chi connectivity index (χ3n) is 3.06. The molecule has 4 nitrogen and oxygen atoms in total. The zero-order valence-electron chi connectivity index (χ0n) is 12.1. The lowest BCUT2D eigenvalue weighted by atomic mass is 9.89. The van der Waals surface area contributed by atoms with Crippen LogP contribution in [0.3, 0.4) is 0 Å². The van der Waals surface area contributed by atoms with Gasteiger partial charge in [-0.15, -0.1) is 11.6 Å². The molecule has 2 N–H and O–H groups in total. The average Bonchev–Trinajstić information content (AvgIpc) is 2.77. The summed E-state index contributed by atoms with van der Waals surface area (Å²) in [4.78, 5) is 8.30. The molecule has 0 aromatic carbocycles. The van der Waals surface area contributed by atoms with Crippen molar-refractivity contribution < 1.29 is 4.74 Å². The van der Waals surface area contributed by atoms with Crippen molar-refractivity contribution in [1.82, 2.24) is 0 Å². The van der Waals surface area contributed by atoms with Gasteiger partial charge in [0, 0.05) is 15.2 Å². The Balaban J connectivity index is 3.07. The van der Waals surface area contributed by atoms with E-state index in [1.54, 1.807) is 0 Å². The lowest BCUT2D eigenvalue weighted by Gasteiger charge is -2.29. The predicted octanol–water partition coefficient (Wildman–Crippen LogP) is 3.62. The highest BCUT2D eigenvalue weighted by Crippen LogP contribution is 2.39. The van der Waals surface area contributed by atoms with Crippen LogP contribution in [0.15, 0.2) is 32.7 Å². The molecular weight excluding hydrogens is 377 g/mol. The molecule has 3 atom stereocenters. The second-order valence-corrected chi connectivity index (χ2v) is 7.40. The van der Waals surface area contributed by atoms with Gasteiger partial charge in [-0.05, 0) is 25.8 Å².